The van der Waals surface area contributed by atoms with Gasteiger partial charge in [-0.25, -0.2) is 5.43 Å². The third-order valence-corrected chi connectivity index (χ3v) is 3.19. The normalized spacial score (nSPS) is 11.8. The largest absolute Gasteiger partial charge is 0.493 e. The van der Waals surface area contributed by atoms with Crippen LogP contribution in [0.2, 0.25) is 0 Å². The molecule has 0 heterocycles. The maximum Gasteiger partial charge on any atom is 0.308 e. The molecular formula is C18H18N2O5. The zero-order chi connectivity index (χ0) is 18.2. The van der Waals surface area contributed by atoms with Crippen molar-refractivity contribution < 1.29 is 24.2 Å². The van der Waals surface area contributed by atoms with E-state index < -0.39 is 18.0 Å². The number of hydrogen-bond donors (Lipinski definition) is 2. The highest BCUT2D eigenvalue weighted by Crippen LogP contribution is 2.27. The minimum absolute atomic E-state index is 0.288. The van der Waals surface area contributed by atoms with Crippen LogP contribution in [0.4, 0.5) is 0 Å². The van der Waals surface area contributed by atoms with Crippen LogP contribution in [0.3, 0.4) is 0 Å². The van der Waals surface area contributed by atoms with Crippen LogP contribution in [0.1, 0.15) is 24.2 Å². The van der Waals surface area contributed by atoms with Crippen molar-refractivity contribution in [2.75, 3.05) is 7.11 Å². The Balaban J connectivity index is 2.02. The molecule has 0 fully saturated rings. The van der Waals surface area contributed by atoms with Crippen LogP contribution >= 0.6 is 0 Å². The molecule has 2 aromatic rings. The predicted molar refractivity (Wildman–Crippen MR) is 91.4 cm³/mol. The fraction of sp³-hybridized carbons (Fsp3) is 0.167. The van der Waals surface area contributed by atoms with Crippen molar-refractivity contribution in [1.29, 1.82) is 0 Å². The molecule has 1 amide bonds. The molecule has 0 aliphatic carbocycles. The lowest BCUT2D eigenvalue weighted by Gasteiger charge is -2.09. The summed E-state index contributed by atoms with van der Waals surface area (Å²) in [6.07, 6.45) is 0.0783. The molecule has 1 atom stereocenters. The minimum atomic E-state index is -1.31. The lowest BCUT2D eigenvalue weighted by Crippen LogP contribution is -2.25. The monoisotopic (exact) mass is 342 g/mol. The van der Waals surface area contributed by atoms with E-state index in [-0.39, 0.29) is 5.75 Å². The number of carbonyl (C=O) groups is 2. The topological polar surface area (TPSA) is 97.2 Å². The molecule has 0 aliphatic rings. The van der Waals surface area contributed by atoms with Crippen molar-refractivity contribution in [2.24, 2.45) is 5.10 Å². The highest BCUT2D eigenvalue weighted by Gasteiger charge is 2.16. The van der Waals surface area contributed by atoms with Gasteiger partial charge in [-0.2, -0.15) is 5.10 Å². The molecule has 0 spiro atoms. The Morgan fingerprint density at radius 2 is 1.88 bits per heavy atom. The number of hydrogen-bond acceptors (Lipinski definition) is 6. The fourth-order valence-electron chi connectivity index (χ4n) is 2.02. The van der Waals surface area contributed by atoms with Gasteiger partial charge in [0.25, 0.3) is 5.91 Å². The zero-order valence-corrected chi connectivity index (χ0v) is 13.8. The third kappa shape index (κ3) is 5.15. The molecule has 0 radical (unpaired) electrons. The summed E-state index contributed by atoms with van der Waals surface area (Å²) in [5, 5.41) is 13.7. The molecule has 25 heavy (non-hydrogen) atoms. The summed E-state index contributed by atoms with van der Waals surface area (Å²) in [4.78, 5) is 22.9. The van der Waals surface area contributed by atoms with E-state index in [2.05, 4.69) is 10.5 Å². The Labute approximate surface area is 144 Å². The Kier molecular flexibility index (Phi) is 6.25. The molecule has 0 aliphatic heterocycles. The third-order valence-electron chi connectivity index (χ3n) is 3.19. The highest BCUT2D eigenvalue weighted by atomic mass is 16.6. The van der Waals surface area contributed by atoms with Crippen molar-refractivity contribution in [3.05, 3.63) is 59.7 Å². The van der Waals surface area contributed by atoms with E-state index in [1.807, 2.05) is 0 Å². The van der Waals surface area contributed by atoms with Gasteiger partial charge in [0, 0.05) is 6.92 Å². The van der Waals surface area contributed by atoms with Gasteiger partial charge in [-0.3, -0.25) is 9.59 Å². The Bertz CT molecular complexity index is 774. The van der Waals surface area contributed by atoms with Crippen LogP contribution in [0.5, 0.6) is 11.5 Å². The number of aliphatic hydroxyl groups excluding tert-OH is 1. The second-order valence-corrected chi connectivity index (χ2v) is 5.05. The number of nitrogens with zero attached hydrogens (tertiary/aromatic N) is 1. The quantitative estimate of drug-likeness (QED) is 0.361. The number of amides is 1. The molecule has 2 N–H and O–H groups in total. The maximum atomic E-state index is 11.9. The number of benzene rings is 2. The second kappa shape index (κ2) is 8.60. The average molecular weight is 342 g/mol. The number of aliphatic hydroxyl groups is 1. The van der Waals surface area contributed by atoms with E-state index in [1.54, 1.807) is 48.5 Å². The van der Waals surface area contributed by atoms with Gasteiger partial charge >= 0.3 is 5.97 Å². The number of ether oxygens (including phenoxy) is 2. The smallest absolute Gasteiger partial charge is 0.308 e. The van der Waals surface area contributed by atoms with E-state index in [0.29, 0.717) is 16.9 Å². The fourth-order valence-corrected chi connectivity index (χ4v) is 2.02. The van der Waals surface area contributed by atoms with Crippen LogP contribution in [-0.4, -0.2) is 30.3 Å². The molecule has 0 aromatic heterocycles. The minimum Gasteiger partial charge on any atom is -0.493 e. The summed E-state index contributed by atoms with van der Waals surface area (Å²) in [5.41, 5.74) is 3.36. The standard InChI is InChI=1S/C18H18N2O5/c1-12(21)25-15-9-8-13(10-16(15)24-2)11-19-20-18(23)17(22)14-6-4-3-5-7-14/h3-11,17,22H,1-2H3,(H,20,23)/b19-11-/t17-/m0/s1. The first-order valence-corrected chi connectivity index (χ1v) is 7.43. The molecule has 2 aromatic carbocycles. The average Bonchev–Trinajstić information content (AvgIpc) is 2.62. The lowest BCUT2D eigenvalue weighted by molar-refractivity contribution is -0.132. The molecule has 0 unspecified atom stereocenters. The summed E-state index contributed by atoms with van der Waals surface area (Å²) in [5.74, 6) is -0.460. The van der Waals surface area contributed by atoms with Crippen LogP contribution in [0, 0.1) is 0 Å². The SMILES string of the molecule is COc1cc(/C=N\NC(=O)[C@@H](O)c2ccccc2)ccc1OC(C)=O. The van der Waals surface area contributed by atoms with Crippen LogP contribution in [-0.2, 0) is 9.59 Å². The van der Waals surface area contributed by atoms with E-state index in [1.165, 1.54) is 20.2 Å². The van der Waals surface area contributed by atoms with Gasteiger partial charge < -0.3 is 14.6 Å². The first-order valence-electron chi connectivity index (χ1n) is 7.43. The van der Waals surface area contributed by atoms with Crippen LogP contribution < -0.4 is 14.9 Å². The molecular weight excluding hydrogens is 324 g/mol. The molecule has 2 rings (SSSR count). The predicted octanol–water partition coefficient (Wildman–Crippen LogP) is 1.80. The van der Waals surface area contributed by atoms with Gasteiger partial charge in [0.1, 0.15) is 0 Å². The van der Waals surface area contributed by atoms with Gasteiger partial charge in [0.2, 0.25) is 0 Å². The second-order valence-electron chi connectivity index (χ2n) is 5.05. The summed E-state index contributed by atoms with van der Waals surface area (Å²) in [7, 11) is 1.45. The molecule has 130 valence electrons. The lowest BCUT2D eigenvalue weighted by atomic mass is 10.1. The van der Waals surface area contributed by atoms with Crippen LogP contribution in [0.25, 0.3) is 0 Å². The van der Waals surface area contributed by atoms with Crippen molar-refractivity contribution in [2.45, 2.75) is 13.0 Å². The Morgan fingerprint density at radius 1 is 1.16 bits per heavy atom. The number of carbonyl (C=O) groups excluding carboxylic acids is 2. The zero-order valence-electron chi connectivity index (χ0n) is 13.8. The summed E-state index contributed by atoms with van der Waals surface area (Å²) < 4.78 is 10.1. The number of nitrogens with one attached hydrogen (secondary N) is 1. The van der Waals surface area contributed by atoms with E-state index in [9.17, 15) is 14.7 Å². The Hall–Kier alpha value is -3.19. The maximum absolute atomic E-state index is 11.9. The molecule has 7 nitrogen and oxygen atoms in total. The molecule has 0 bridgehead atoms. The molecule has 0 saturated heterocycles. The van der Waals surface area contributed by atoms with Crippen molar-refractivity contribution >= 4 is 18.1 Å². The number of rotatable bonds is 6. The number of hydrazone groups is 1. The van der Waals surface area contributed by atoms with E-state index >= 15 is 0 Å². The van der Waals surface area contributed by atoms with E-state index in [4.69, 9.17) is 9.47 Å². The van der Waals surface area contributed by atoms with Gasteiger partial charge in [0.15, 0.2) is 17.6 Å². The Morgan fingerprint density at radius 3 is 2.52 bits per heavy atom. The summed E-state index contributed by atoms with van der Waals surface area (Å²) >= 11 is 0. The molecule has 7 heteroatoms. The first-order chi connectivity index (χ1) is 12.0. The highest BCUT2D eigenvalue weighted by molar-refractivity contribution is 5.85. The molecule has 0 saturated carbocycles. The van der Waals surface area contributed by atoms with E-state index in [0.717, 1.165) is 0 Å². The van der Waals surface area contributed by atoms with Crippen LogP contribution in [0.15, 0.2) is 53.6 Å². The van der Waals surface area contributed by atoms with Crippen molar-refractivity contribution in [3.8, 4) is 11.5 Å². The van der Waals surface area contributed by atoms with Crippen molar-refractivity contribution in [1.82, 2.24) is 5.43 Å². The summed E-state index contributed by atoms with van der Waals surface area (Å²) in [6, 6.07) is 13.3. The van der Waals surface area contributed by atoms with Gasteiger partial charge in [0.05, 0.1) is 13.3 Å². The number of methoxy groups -OCH3 is 1. The first kappa shape index (κ1) is 18.2. The summed E-state index contributed by atoms with van der Waals surface area (Å²) in [6.45, 7) is 1.29. The van der Waals surface area contributed by atoms with Gasteiger partial charge in [-0.15, -0.1) is 0 Å². The van der Waals surface area contributed by atoms with Gasteiger partial charge in [-0.1, -0.05) is 30.3 Å². The van der Waals surface area contributed by atoms with Crippen molar-refractivity contribution in [3.63, 3.8) is 0 Å². The van der Waals surface area contributed by atoms with Gasteiger partial charge in [-0.05, 0) is 29.3 Å². The number of esters is 1.